The van der Waals surface area contributed by atoms with Gasteiger partial charge in [0.25, 0.3) is 0 Å². The second-order valence-corrected chi connectivity index (χ2v) is 4.89. The van der Waals surface area contributed by atoms with Crippen molar-refractivity contribution in [2.45, 2.75) is 25.9 Å². The molecule has 0 unspecified atom stereocenters. The van der Waals surface area contributed by atoms with Crippen LogP contribution in [0, 0.1) is 11.8 Å². The number of aryl methyl sites for hydroxylation is 1. The normalized spacial score (nSPS) is 11.4. The minimum Gasteiger partial charge on any atom is -0.497 e. The maximum atomic E-state index is 10.1. The van der Waals surface area contributed by atoms with Gasteiger partial charge in [-0.1, -0.05) is 49.5 Å². The van der Waals surface area contributed by atoms with E-state index in [1.165, 1.54) is 5.56 Å². The van der Waals surface area contributed by atoms with Crippen molar-refractivity contribution in [1.82, 2.24) is 0 Å². The molecule has 108 valence electrons. The minimum atomic E-state index is -0.786. The van der Waals surface area contributed by atoms with E-state index in [9.17, 15) is 5.11 Å². The average Bonchev–Trinajstić information content (AvgIpc) is 2.54. The van der Waals surface area contributed by atoms with E-state index in [0.29, 0.717) is 0 Å². The van der Waals surface area contributed by atoms with Crippen molar-refractivity contribution in [2.75, 3.05) is 7.11 Å². The molecule has 0 saturated carbocycles. The Morgan fingerprint density at radius 1 is 1.05 bits per heavy atom. The van der Waals surface area contributed by atoms with Crippen molar-refractivity contribution in [1.29, 1.82) is 0 Å². The zero-order chi connectivity index (χ0) is 15.1. The summed E-state index contributed by atoms with van der Waals surface area (Å²) in [7, 11) is 1.62. The predicted molar refractivity (Wildman–Crippen MR) is 85.3 cm³/mol. The summed E-state index contributed by atoms with van der Waals surface area (Å²) in [6.07, 6.45) is 1.44. The zero-order valence-electron chi connectivity index (χ0n) is 12.5. The van der Waals surface area contributed by atoms with Crippen molar-refractivity contribution in [3.05, 3.63) is 65.2 Å². The molecular weight excluding hydrogens is 260 g/mol. The van der Waals surface area contributed by atoms with Gasteiger partial charge in [0, 0.05) is 5.56 Å². The molecule has 0 aliphatic carbocycles. The van der Waals surface area contributed by atoms with Crippen LogP contribution in [-0.4, -0.2) is 12.2 Å². The molecule has 21 heavy (non-hydrogen) atoms. The van der Waals surface area contributed by atoms with Gasteiger partial charge in [0.2, 0.25) is 0 Å². The maximum absolute atomic E-state index is 10.1. The van der Waals surface area contributed by atoms with E-state index < -0.39 is 6.10 Å². The molecule has 0 aliphatic rings. The van der Waals surface area contributed by atoms with Crippen LogP contribution in [0.4, 0.5) is 0 Å². The number of aliphatic hydroxyl groups is 1. The lowest BCUT2D eigenvalue weighted by atomic mass is 10.1. The Kier molecular flexibility index (Phi) is 5.43. The molecule has 0 radical (unpaired) electrons. The van der Waals surface area contributed by atoms with Gasteiger partial charge in [0.15, 0.2) is 0 Å². The summed E-state index contributed by atoms with van der Waals surface area (Å²) in [6, 6.07) is 15.5. The molecule has 2 rings (SSSR count). The third kappa shape index (κ3) is 4.37. The Hall–Kier alpha value is -2.24. The van der Waals surface area contributed by atoms with Crippen molar-refractivity contribution >= 4 is 0 Å². The molecule has 2 heteroatoms. The van der Waals surface area contributed by atoms with Crippen LogP contribution in [0.15, 0.2) is 48.5 Å². The molecular formula is C19H20O2. The fraction of sp³-hybridized carbons (Fsp3) is 0.263. The number of hydrogen-bond acceptors (Lipinski definition) is 2. The molecule has 0 aliphatic heterocycles. The van der Waals surface area contributed by atoms with E-state index in [0.717, 1.165) is 29.7 Å². The first-order valence-electron chi connectivity index (χ1n) is 7.15. The van der Waals surface area contributed by atoms with E-state index in [-0.39, 0.29) is 0 Å². The lowest BCUT2D eigenvalue weighted by molar-refractivity contribution is 0.238. The average molecular weight is 280 g/mol. The fourth-order valence-electron chi connectivity index (χ4n) is 2.06. The highest BCUT2D eigenvalue weighted by Crippen LogP contribution is 2.17. The molecule has 0 fully saturated rings. The van der Waals surface area contributed by atoms with Gasteiger partial charge >= 0.3 is 0 Å². The number of rotatable bonds is 4. The standard InChI is InChI=1S/C19H20O2/c1-3-4-15-5-7-16(8-6-15)9-14-19(20)17-10-12-18(21-2)13-11-17/h5-8,10-13,19-20H,3-4H2,1-2H3/t19-/m0/s1. The smallest absolute Gasteiger partial charge is 0.140 e. The van der Waals surface area contributed by atoms with Gasteiger partial charge in [-0.15, -0.1) is 0 Å². The summed E-state index contributed by atoms with van der Waals surface area (Å²) in [4.78, 5) is 0. The Morgan fingerprint density at radius 2 is 1.71 bits per heavy atom. The molecule has 1 atom stereocenters. The summed E-state index contributed by atoms with van der Waals surface area (Å²) >= 11 is 0. The van der Waals surface area contributed by atoms with Crippen LogP contribution < -0.4 is 4.74 Å². The van der Waals surface area contributed by atoms with Crippen molar-refractivity contribution in [3.8, 4) is 17.6 Å². The number of benzene rings is 2. The van der Waals surface area contributed by atoms with Crippen LogP contribution in [0.25, 0.3) is 0 Å². The second kappa shape index (κ2) is 7.52. The first kappa shape index (κ1) is 15.2. The van der Waals surface area contributed by atoms with Gasteiger partial charge in [-0.25, -0.2) is 0 Å². The number of ether oxygens (including phenoxy) is 1. The Morgan fingerprint density at radius 3 is 2.29 bits per heavy atom. The zero-order valence-corrected chi connectivity index (χ0v) is 12.5. The van der Waals surface area contributed by atoms with Crippen molar-refractivity contribution < 1.29 is 9.84 Å². The molecule has 0 spiro atoms. The summed E-state index contributed by atoms with van der Waals surface area (Å²) in [6.45, 7) is 2.17. The molecule has 2 nitrogen and oxygen atoms in total. The highest BCUT2D eigenvalue weighted by atomic mass is 16.5. The Bertz CT molecular complexity index is 615. The largest absolute Gasteiger partial charge is 0.497 e. The Balaban J connectivity index is 2.06. The highest BCUT2D eigenvalue weighted by Gasteiger charge is 2.03. The molecule has 0 amide bonds. The van der Waals surface area contributed by atoms with Crippen LogP contribution in [0.3, 0.4) is 0 Å². The monoisotopic (exact) mass is 280 g/mol. The van der Waals surface area contributed by atoms with E-state index in [2.05, 4.69) is 30.9 Å². The summed E-state index contributed by atoms with van der Waals surface area (Å²) in [5.41, 5.74) is 3.01. The van der Waals surface area contributed by atoms with Crippen LogP contribution in [0.1, 0.15) is 36.1 Å². The highest BCUT2D eigenvalue weighted by molar-refractivity contribution is 5.39. The lowest BCUT2D eigenvalue weighted by Crippen LogP contribution is -1.94. The summed E-state index contributed by atoms with van der Waals surface area (Å²) in [5.74, 6) is 6.65. The molecule has 0 saturated heterocycles. The van der Waals surface area contributed by atoms with E-state index in [1.807, 2.05) is 36.4 Å². The summed E-state index contributed by atoms with van der Waals surface area (Å²) in [5, 5.41) is 10.1. The third-order valence-corrected chi connectivity index (χ3v) is 3.28. The molecule has 1 N–H and O–H groups in total. The first-order chi connectivity index (χ1) is 10.2. The molecule has 2 aromatic carbocycles. The van der Waals surface area contributed by atoms with Gasteiger partial charge < -0.3 is 9.84 Å². The topological polar surface area (TPSA) is 29.5 Å². The number of hydrogen-bond donors (Lipinski definition) is 1. The SMILES string of the molecule is CCCc1ccc(C#C[C@H](O)c2ccc(OC)cc2)cc1. The first-order valence-corrected chi connectivity index (χ1v) is 7.15. The molecule has 2 aromatic rings. The van der Waals surface area contributed by atoms with Crippen LogP contribution >= 0.6 is 0 Å². The fourth-order valence-corrected chi connectivity index (χ4v) is 2.06. The van der Waals surface area contributed by atoms with E-state index in [1.54, 1.807) is 7.11 Å². The summed E-state index contributed by atoms with van der Waals surface area (Å²) < 4.78 is 5.09. The van der Waals surface area contributed by atoms with E-state index >= 15 is 0 Å². The quantitative estimate of drug-likeness (QED) is 0.865. The second-order valence-electron chi connectivity index (χ2n) is 4.89. The molecule has 0 heterocycles. The maximum Gasteiger partial charge on any atom is 0.140 e. The van der Waals surface area contributed by atoms with Gasteiger partial charge in [-0.3, -0.25) is 0 Å². The third-order valence-electron chi connectivity index (χ3n) is 3.28. The molecule has 0 aromatic heterocycles. The minimum absolute atomic E-state index is 0.769. The number of methoxy groups -OCH3 is 1. The van der Waals surface area contributed by atoms with Gasteiger partial charge in [0.05, 0.1) is 7.11 Å². The van der Waals surface area contributed by atoms with E-state index in [4.69, 9.17) is 4.74 Å². The van der Waals surface area contributed by atoms with Gasteiger partial charge in [0.1, 0.15) is 11.9 Å². The van der Waals surface area contributed by atoms with Crippen LogP contribution in [0.5, 0.6) is 5.75 Å². The van der Waals surface area contributed by atoms with Gasteiger partial charge in [-0.2, -0.15) is 0 Å². The number of aliphatic hydroxyl groups excluding tert-OH is 1. The van der Waals surface area contributed by atoms with Crippen molar-refractivity contribution in [3.63, 3.8) is 0 Å². The lowest BCUT2D eigenvalue weighted by Gasteiger charge is -2.05. The van der Waals surface area contributed by atoms with Crippen LogP contribution in [0.2, 0.25) is 0 Å². The predicted octanol–water partition coefficient (Wildman–Crippen LogP) is 3.73. The molecule has 0 bridgehead atoms. The van der Waals surface area contributed by atoms with Crippen LogP contribution in [-0.2, 0) is 6.42 Å². The van der Waals surface area contributed by atoms with Gasteiger partial charge in [-0.05, 0) is 41.8 Å². The Labute approximate surface area is 126 Å². The van der Waals surface area contributed by atoms with Crippen molar-refractivity contribution in [2.24, 2.45) is 0 Å².